The van der Waals surface area contributed by atoms with Gasteiger partial charge < -0.3 is 19.8 Å². The normalized spacial score (nSPS) is 27.6. The summed E-state index contributed by atoms with van der Waals surface area (Å²) in [6.07, 6.45) is 2.17. The maximum absolute atomic E-state index is 12.2. The van der Waals surface area contributed by atoms with Crippen LogP contribution in [0, 0.1) is 5.41 Å². The zero-order chi connectivity index (χ0) is 16.5. The van der Waals surface area contributed by atoms with Gasteiger partial charge in [0.1, 0.15) is 6.04 Å². The Bertz CT molecular complexity index is 553. The molecule has 1 aromatic rings. The van der Waals surface area contributed by atoms with Gasteiger partial charge in [0.05, 0.1) is 11.9 Å². The van der Waals surface area contributed by atoms with E-state index in [1.165, 1.54) is 6.26 Å². The molecule has 2 rings (SSSR count). The minimum atomic E-state index is -0.636. The molecule has 1 aliphatic rings. The first-order chi connectivity index (χ1) is 10.2. The van der Waals surface area contributed by atoms with Gasteiger partial charge in [-0.25, -0.2) is 0 Å². The van der Waals surface area contributed by atoms with Crippen LogP contribution in [0.25, 0.3) is 0 Å². The maximum Gasteiger partial charge on any atom is 0.287 e. The lowest BCUT2D eigenvalue weighted by atomic mass is 9.56. The van der Waals surface area contributed by atoms with Gasteiger partial charge >= 0.3 is 0 Å². The molecule has 1 aromatic heterocycles. The van der Waals surface area contributed by atoms with Crippen molar-refractivity contribution < 1.29 is 18.7 Å². The summed E-state index contributed by atoms with van der Waals surface area (Å²) in [5.74, 6) is -0.422. The van der Waals surface area contributed by atoms with E-state index >= 15 is 0 Å². The first-order valence-electron chi connectivity index (χ1n) is 7.41. The van der Waals surface area contributed by atoms with E-state index in [-0.39, 0.29) is 28.7 Å². The predicted octanol–water partition coefficient (Wildman–Crippen LogP) is 1.72. The monoisotopic (exact) mass is 308 g/mol. The van der Waals surface area contributed by atoms with Crippen LogP contribution >= 0.6 is 0 Å². The van der Waals surface area contributed by atoms with Gasteiger partial charge in [0.15, 0.2) is 5.76 Å². The molecule has 0 aromatic carbocycles. The Morgan fingerprint density at radius 2 is 2.09 bits per heavy atom. The van der Waals surface area contributed by atoms with E-state index in [1.807, 2.05) is 6.92 Å². The van der Waals surface area contributed by atoms with Crippen LogP contribution in [-0.2, 0) is 9.53 Å². The Balaban J connectivity index is 1.89. The van der Waals surface area contributed by atoms with Crippen LogP contribution in [0.1, 0.15) is 44.7 Å². The Kier molecular flexibility index (Phi) is 4.33. The third-order valence-electron chi connectivity index (χ3n) is 5.08. The Hall–Kier alpha value is -1.82. The zero-order valence-corrected chi connectivity index (χ0v) is 13.7. The molecule has 1 fully saturated rings. The second-order valence-corrected chi connectivity index (χ2v) is 6.59. The molecule has 6 heteroatoms. The molecule has 1 heterocycles. The van der Waals surface area contributed by atoms with E-state index in [0.717, 1.165) is 6.42 Å². The highest BCUT2D eigenvalue weighted by Gasteiger charge is 2.58. The molecule has 6 nitrogen and oxygen atoms in total. The van der Waals surface area contributed by atoms with E-state index in [1.54, 1.807) is 26.2 Å². The molecule has 0 unspecified atom stereocenters. The second kappa shape index (κ2) is 5.76. The number of nitrogens with one attached hydrogen (secondary N) is 2. The number of amides is 2. The van der Waals surface area contributed by atoms with Crippen molar-refractivity contribution in [2.75, 3.05) is 7.11 Å². The van der Waals surface area contributed by atoms with Gasteiger partial charge in [0.25, 0.3) is 5.91 Å². The lowest BCUT2D eigenvalue weighted by Gasteiger charge is -2.59. The van der Waals surface area contributed by atoms with Crippen molar-refractivity contribution in [1.82, 2.24) is 10.6 Å². The number of hydrogen-bond acceptors (Lipinski definition) is 4. The molecule has 0 spiro atoms. The number of furan rings is 1. The van der Waals surface area contributed by atoms with E-state index in [4.69, 9.17) is 9.15 Å². The van der Waals surface area contributed by atoms with E-state index in [0.29, 0.717) is 0 Å². The molecule has 2 N–H and O–H groups in total. The SMILES string of the molecule is CO[C@]1(C)C[C@H](NC(=O)[C@H](C)NC(=O)c2ccco2)C1(C)C. The van der Waals surface area contributed by atoms with Crippen LogP contribution in [-0.4, -0.2) is 36.6 Å². The number of ether oxygens (including phenoxy) is 1. The summed E-state index contributed by atoms with van der Waals surface area (Å²) < 4.78 is 10.5. The summed E-state index contributed by atoms with van der Waals surface area (Å²) in [5, 5.41) is 5.60. The number of carbonyl (C=O) groups excluding carboxylic acids is 2. The second-order valence-electron chi connectivity index (χ2n) is 6.59. The third-order valence-corrected chi connectivity index (χ3v) is 5.08. The van der Waals surface area contributed by atoms with Crippen molar-refractivity contribution in [2.45, 2.75) is 51.8 Å². The van der Waals surface area contributed by atoms with E-state index in [9.17, 15) is 9.59 Å². The van der Waals surface area contributed by atoms with E-state index in [2.05, 4.69) is 24.5 Å². The van der Waals surface area contributed by atoms with Crippen molar-refractivity contribution in [3.8, 4) is 0 Å². The summed E-state index contributed by atoms with van der Waals surface area (Å²) in [5.41, 5.74) is -0.409. The molecule has 1 saturated carbocycles. The standard InChI is InChI=1S/C16H24N2O4/c1-10(17-14(20)11-7-6-8-22-11)13(19)18-12-9-16(4,21-5)15(12,2)3/h6-8,10,12H,9H2,1-5H3,(H,17,20)(H,18,19)/t10-,12-,16+/m0/s1. The van der Waals surface area contributed by atoms with Crippen LogP contribution in [0.2, 0.25) is 0 Å². The molecule has 0 bridgehead atoms. The molecule has 0 saturated heterocycles. The van der Waals surface area contributed by atoms with Crippen LogP contribution in [0.4, 0.5) is 0 Å². The van der Waals surface area contributed by atoms with Crippen molar-refractivity contribution in [3.63, 3.8) is 0 Å². The molecule has 1 aliphatic carbocycles. The van der Waals surface area contributed by atoms with Gasteiger partial charge in [-0.1, -0.05) is 13.8 Å². The largest absolute Gasteiger partial charge is 0.459 e. The molecule has 3 atom stereocenters. The van der Waals surface area contributed by atoms with Crippen LogP contribution in [0.5, 0.6) is 0 Å². The van der Waals surface area contributed by atoms with E-state index < -0.39 is 11.9 Å². The van der Waals surface area contributed by atoms with Crippen molar-refractivity contribution in [1.29, 1.82) is 0 Å². The van der Waals surface area contributed by atoms with Gasteiger partial charge in [0.2, 0.25) is 5.91 Å². The zero-order valence-electron chi connectivity index (χ0n) is 13.7. The van der Waals surface area contributed by atoms with Gasteiger partial charge in [-0.2, -0.15) is 0 Å². The highest BCUT2D eigenvalue weighted by atomic mass is 16.5. The Morgan fingerprint density at radius 1 is 1.41 bits per heavy atom. The van der Waals surface area contributed by atoms with Crippen molar-refractivity contribution >= 4 is 11.8 Å². The van der Waals surface area contributed by atoms with Crippen LogP contribution in [0.3, 0.4) is 0 Å². The number of hydrogen-bond donors (Lipinski definition) is 2. The summed E-state index contributed by atoms with van der Waals surface area (Å²) in [6, 6.07) is 2.57. The average molecular weight is 308 g/mol. The van der Waals surface area contributed by atoms with Crippen molar-refractivity contribution in [2.24, 2.45) is 5.41 Å². The molecule has 122 valence electrons. The van der Waals surface area contributed by atoms with Crippen molar-refractivity contribution in [3.05, 3.63) is 24.2 Å². The van der Waals surface area contributed by atoms with Crippen LogP contribution < -0.4 is 10.6 Å². The molecular formula is C16H24N2O4. The van der Waals surface area contributed by atoms with Gasteiger partial charge in [-0.3, -0.25) is 9.59 Å². The highest BCUT2D eigenvalue weighted by Crippen LogP contribution is 2.51. The quantitative estimate of drug-likeness (QED) is 0.868. The molecule has 0 radical (unpaired) electrons. The summed E-state index contributed by atoms with van der Waals surface area (Å²) in [4.78, 5) is 24.1. The minimum absolute atomic E-state index is 0.0212. The lowest BCUT2D eigenvalue weighted by molar-refractivity contribution is -0.182. The minimum Gasteiger partial charge on any atom is -0.459 e. The number of methoxy groups -OCH3 is 1. The Morgan fingerprint density at radius 3 is 2.59 bits per heavy atom. The summed E-state index contributed by atoms with van der Waals surface area (Å²) in [7, 11) is 1.69. The maximum atomic E-state index is 12.2. The van der Waals surface area contributed by atoms with Gasteiger partial charge in [-0.15, -0.1) is 0 Å². The first kappa shape index (κ1) is 16.5. The lowest BCUT2D eigenvalue weighted by Crippen LogP contribution is -2.69. The third kappa shape index (κ3) is 2.75. The molecule has 0 aliphatic heterocycles. The smallest absolute Gasteiger partial charge is 0.287 e. The fraction of sp³-hybridized carbons (Fsp3) is 0.625. The molecular weight excluding hydrogens is 284 g/mol. The van der Waals surface area contributed by atoms with Gasteiger partial charge in [-0.05, 0) is 32.4 Å². The first-order valence-corrected chi connectivity index (χ1v) is 7.41. The number of carbonyl (C=O) groups is 2. The Labute approximate surface area is 130 Å². The highest BCUT2D eigenvalue weighted by molar-refractivity contribution is 5.95. The summed E-state index contributed by atoms with van der Waals surface area (Å²) >= 11 is 0. The average Bonchev–Trinajstić information content (AvgIpc) is 3.00. The van der Waals surface area contributed by atoms with Crippen LogP contribution in [0.15, 0.2) is 22.8 Å². The molecule has 2 amide bonds. The topological polar surface area (TPSA) is 80.6 Å². The number of rotatable bonds is 5. The molecule has 22 heavy (non-hydrogen) atoms. The fourth-order valence-electron chi connectivity index (χ4n) is 2.76. The fourth-order valence-corrected chi connectivity index (χ4v) is 2.76. The predicted molar refractivity (Wildman–Crippen MR) is 81.4 cm³/mol. The summed E-state index contributed by atoms with van der Waals surface area (Å²) in [6.45, 7) is 7.82. The van der Waals surface area contributed by atoms with Gasteiger partial charge in [0, 0.05) is 18.6 Å².